The monoisotopic (exact) mass is 371 g/mol. The van der Waals surface area contributed by atoms with E-state index in [2.05, 4.69) is 60.4 Å². The number of hydrogen-bond acceptors (Lipinski definition) is 2. The van der Waals surface area contributed by atoms with Crippen LogP contribution in [0.2, 0.25) is 0 Å². The minimum absolute atomic E-state index is 0.434. The van der Waals surface area contributed by atoms with Crippen LogP contribution in [0.1, 0.15) is 64.2 Å². The largest absolute Gasteiger partial charge is 0.316 e. The summed E-state index contributed by atoms with van der Waals surface area (Å²) in [6.45, 7) is 11.8. The van der Waals surface area contributed by atoms with Crippen molar-refractivity contribution < 1.29 is 0 Å². The van der Waals surface area contributed by atoms with Gasteiger partial charge in [0.05, 0.1) is 0 Å². The fraction of sp³-hybridized carbons (Fsp3) is 0.778. The first-order valence-electron chi connectivity index (χ1n) is 8.37. The van der Waals surface area contributed by atoms with Crippen molar-refractivity contribution in [2.24, 2.45) is 17.3 Å². The molecule has 0 spiro atoms. The fourth-order valence-corrected chi connectivity index (χ4v) is 5.50. The average molecular weight is 372 g/mol. The van der Waals surface area contributed by atoms with Gasteiger partial charge in [0, 0.05) is 9.35 Å². The second-order valence-corrected chi connectivity index (χ2v) is 9.38. The Hall–Kier alpha value is 0.140. The zero-order chi connectivity index (χ0) is 15.5. The number of nitrogens with one attached hydrogen (secondary N) is 1. The lowest BCUT2D eigenvalue weighted by Gasteiger charge is -2.42. The van der Waals surface area contributed by atoms with Gasteiger partial charge in [0.15, 0.2) is 0 Å². The average Bonchev–Trinajstić information content (AvgIpc) is 2.84. The molecule has 0 aliphatic heterocycles. The Kier molecular flexibility index (Phi) is 6.34. The van der Waals surface area contributed by atoms with E-state index in [0.717, 1.165) is 24.3 Å². The van der Waals surface area contributed by atoms with Crippen molar-refractivity contribution in [1.82, 2.24) is 5.32 Å². The molecule has 1 aliphatic carbocycles. The van der Waals surface area contributed by atoms with Gasteiger partial charge >= 0.3 is 0 Å². The van der Waals surface area contributed by atoms with Gasteiger partial charge in [-0.25, -0.2) is 0 Å². The maximum Gasteiger partial charge on any atom is 0.0317 e. The van der Waals surface area contributed by atoms with Crippen molar-refractivity contribution >= 4 is 27.3 Å². The smallest absolute Gasteiger partial charge is 0.0317 e. The third kappa shape index (κ3) is 4.56. The van der Waals surface area contributed by atoms with Gasteiger partial charge in [-0.05, 0) is 89.3 Å². The van der Waals surface area contributed by atoms with Gasteiger partial charge in [-0.2, -0.15) is 0 Å². The SMILES string of the molecule is CCCNCC1CCC(C(C)(C)C)CC1c1sccc1Br. The van der Waals surface area contributed by atoms with Crippen LogP contribution >= 0.6 is 27.3 Å². The summed E-state index contributed by atoms with van der Waals surface area (Å²) < 4.78 is 1.33. The van der Waals surface area contributed by atoms with E-state index in [0.29, 0.717) is 5.41 Å². The number of thiophene rings is 1. The summed E-state index contributed by atoms with van der Waals surface area (Å²) in [5.74, 6) is 2.37. The third-order valence-corrected chi connectivity index (χ3v) is 7.04. The Morgan fingerprint density at radius 2 is 2.10 bits per heavy atom. The molecule has 3 unspecified atom stereocenters. The Morgan fingerprint density at radius 3 is 2.67 bits per heavy atom. The van der Waals surface area contributed by atoms with Gasteiger partial charge in [-0.1, -0.05) is 27.7 Å². The van der Waals surface area contributed by atoms with Crippen LogP contribution in [0, 0.1) is 17.3 Å². The highest BCUT2D eigenvalue weighted by Gasteiger charge is 2.37. The van der Waals surface area contributed by atoms with Crippen LogP contribution in [0.3, 0.4) is 0 Å². The van der Waals surface area contributed by atoms with Crippen molar-refractivity contribution in [1.29, 1.82) is 0 Å². The summed E-state index contributed by atoms with van der Waals surface area (Å²) in [6, 6.07) is 2.22. The highest BCUT2D eigenvalue weighted by molar-refractivity contribution is 9.10. The summed E-state index contributed by atoms with van der Waals surface area (Å²) >= 11 is 5.71. The molecule has 0 amide bonds. The second-order valence-electron chi connectivity index (χ2n) is 7.58. The summed E-state index contributed by atoms with van der Waals surface area (Å²) in [6.07, 6.45) is 5.33. The van der Waals surface area contributed by atoms with E-state index in [1.807, 2.05) is 11.3 Å². The van der Waals surface area contributed by atoms with Crippen LogP contribution in [0.4, 0.5) is 0 Å². The Morgan fingerprint density at radius 1 is 1.33 bits per heavy atom. The van der Waals surface area contributed by atoms with E-state index in [9.17, 15) is 0 Å². The molecule has 1 heterocycles. The predicted octanol–water partition coefficient (Wildman–Crippen LogP) is 6.06. The third-order valence-electron chi connectivity index (χ3n) is 5.03. The molecule has 1 aromatic heterocycles. The van der Waals surface area contributed by atoms with Crippen molar-refractivity contribution in [3.8, 4) is 0 Å². The van der Waals surface area contributed by atoms with E-state index < -0.39 is 0 Å². The van der Waals surface area contributed by atoms with Crippen LogP contribution < -0.4 is 5.32 Å². The molecule has 0 radical (unpaired) electrons. The molecular formula is C18H30BrNS. The number of rotatable bonds is 5. The zero-order valence-corrected chi connectivity index (χ0v) is 16.3. The van der Waals surface area contributed by atoms with Crippen LogP contribution in [-0.4, -0.2) is 13.1 Å². The molecule has 3 heteroatoms. The molecule has 0 aromatic carbocycles. The molecule has 0 bridgehead atoms. The van der Waals surface area contributed by atoms with Gasteiger partial charge in [0.25, 0.3) is 0 Å². The first kappa shape index (κ1) is 17.5. The summed E-state index contributed by atoms with van der Waals surface area (Å²) in [5, 5.41) is 5.89. The molecule has 21 heavy (non-hydrogen) atoms. The molecule has 1 aliphatic rings. The van der Waals surface area contributed by atoms with Crippen molar-refractivity contribution in [2.45, 2.75) is 59.3 Å². The Bertz CT molecular complexity index is 435. The predicted molar refractivity (Wildman–Crippen MR) is 98.2 cm³/mol. The summed E-state index contributed by atoms with van der Waals surface area (Å²) in [4.78, 5) is 1.58. The first-order valence-corrected chi connectivity index (χ1v) is 10.0. The van der Waals surface area contributed by atoms with Gasteiger partial charge in [0.2, 0.25) is 0 Å². The quantitative estimate of drug-likeness (QED) is 0.620. The fourth-order valence-electron chi connectivity index (χ4n) is 3.62. The van der Waals surface area contributed by atoms with Gasteiger partial charge in [-0.3, -0.25) is 0 Å². The summed E-state index contributed by atoms with van der Waals surface area (Å²) in [7, 11) is 0. The van der Waals surface area contributed by atoms with Crippen LogP contribution in [0.5, 0.6) is 0 Å². The van der Waals surface area contributed by atoms with Crippen molar-refractivity contribution in [2.75, 3.05) is 13.1 Å². The highest BCUT2D eigenvalue weighted by Crippen LogP contribution is 2.49. The lowest BCUT2D eigenvalue weighted by Crippen LogP contribution is -2.35. The van der Waals surface area contributed by atoms with E-state index in [-0.39, 0.29) is 0 Å². The van der Waals surface area contributed by atoms with Gasteiger partial charge in [0.1, 0.15) is 0 Å². The molecule has 1 fully saturated rings. The molecule has 1 aromatic rings. The summed E-state index contributed by atoms with van der Waals surface area (Å²) in [5.41, 5.74) is 0.434. The number of halogens is 1. The molecular weight excluding hydrogens is 342 g/mol. The topological polar surface area (TPSA) is 12.0 Å². The molecule has 1 N–H and O–H groups in total. The second kappa shape index (κ2) is 7.61. The molecule has 0 saturated heterocycles. The molecule has 2 rings (SSSR count). The standard InChI is InChI=1S/C18H30BrNS/c1-5-9-20-12-13-6-7-14(18(2,3)4)11-15(13)17-16(19)8-10-21-17/h8,10,13-15,20H,5-7,9,11-12H2,1-4H3. The van der Waals surface area contributed by atoms with Crippen molar-refractivity contribution in [3.05, 3.63) is 20.8 Å². The highest BCUT2D eigenvalue weighted by atomic mass is 79.9. The van der Waals surface area contributed by atoms with Crippen molar-refractivity contribution in [3.63, 3.8) is 0 Å². The van der Waals surface area contributed by atoms with Gasteiger partial charge in [-0.15, -0.1) is 11.3 Å². The Balaban J connectivity index is 2.12. The Labute approximate surface area is 143 Å². The van der Waals surface area contributed by atoms with E-state index in [4.69, 9.17) is 0 Å². The lowest BCUT2D eigenvalue weighted by atomic mass is 9.65. The van der Waals surface area contributed by atoms with Crippen LogP contribution in [0.15, 0.2) is 15.9 Å². The van der Waals surface area contributed by atoms with E-state index >= 15 is 0 Å². The van der Waals surface area contributed by atoms with E-state index in [1.54, 1.807) is 4.88 Å². The zero-order valence-electron chi connectivity index (χ0n) is 13.9. The van der Waals surface area contributed by atoms with Gasteiger partial charge < -0.3 is 5.32 Å². The maximum atomic E-state index is 3.77. The lowest BCUT2D eigenvalue weighted by molar-refractivity contribution is 0.130. The van der Waals surface area contributed by atoms with E-state index in [1.165, 1.54) is 36.7 Å². The minimum Gasteiger partial charge on any atom is -0.316 e. The van der Waals surface area contributed by atoms with Crippen LogP contribution in [0.25, 0.3) is 0 Å². The van der Waals surface area contributed by atoms with Crippen LogP contribution in [-0.2, 0) is 0 Å². The molecule has 1 nitrogen and oxygen atoms in total. The number of hydrogen-bond donors (Lipinski definition) is 1. The molecule has 120 valence electrons. The first-order chi connectivity index (χ1) is 9.93. The maximum absolute atomic E-state index is 3.77. The molecule has 3 atom stereocenters. The normalized spacial score (nSPS) is 27.0. The minimum atomic E-state index is 0.434. The molecule has 1 saturated carbocycles.